The van der Waals surface area contributed by atoms with Crippen LogP contribution in [0.4, 0.5) is 5.69 Å². The second kappa shape index (κ2) is 9.08. The zero-order valence-corrected chi connectivity index (χ0v) is 14.5. The summed E-state index contributed by atoms with van der Waals surface area (Å²) in [4.78, 5) is 24.2. The number of nitriles is 1. The molecular weight excluding hydrogens is 334 g/mol. The molecule has 134 valence electrons. The van der Waals surface area contributed by atoms with Crippen LogP contribution in [-0.2, 0) is 4.79 Å². The normalized spacial score (nSPS) is 9.73. The van der Waals surface area contributed by atoms with Crippen LogP contribution in [0.3, 0.4) is 0 Å². The molecule has 2 rings (SSSR count). The maximum Gasteiger partial charge on any atom is 0.251 e. The van der Waals surface area contributed by atoms with Crippen molar-refractivity contribution in [3.63, 3.8) is 0 Å². The van der Waals surface area contributed by atoms with Gasteiger partial charge in [0, 0.05) is 24.6 Å². The number of para-hydroxylation sites is 1. The average Bonchev–Trinajstić information content (AvgIpc) is 2.67. The molecule has 2 N–H and O–H groups in total. The molecule has 0 fully saturated rings. The van der Waals surface area contributed by atoms with E-state index in [0.717, 1.165) is 0 Å². The predicted molar refractivity (Wildman–Crippen MR) is 96.3 cm³/mol. The highest BCUT2D eigenvalue weighted by molar-refractivity contribution is 5.96. The largest absolute Gasteiger partial charge is 0.497 e. The number of hydrogen-bond donors (Lipinski definition) is 2. The third kappa shape index (κ3) is 4.98. The standard InChI is InChI=1S/C19H19N3O4/c1-25-15-9-14(10-16(11-15)26-2)19(24)21-8-7-18(23)22-17-6-4-3-5-13(17)12-20/h3-6,9-11H,7-8H2,1-2H3,(H,21,24)(H,22,23). The van der Waals surface area contributed by atoms with E-state index in [0.29, 0.717) is 28.3 Å². The van der Waals surface area contributed by atoms with Crippen LogP contribution in [0.2, 0.25) is 0 Å². The van der Waals surface area contributed by atoms with E-state index in [4.69, 9.17) is 14.7 Å². The van der Waals surface area contributed by atoms with Gasteiger partial charge in [-0.05, 0) is 24.3 Å². The summed E-state index contributed by atoms with van der Waals surface area (Å²) in [5.41, 5.74) is 1.20. The Balaban J connectivity index is 1.90. The van der Waals surface area contributed by atoms with Crippen LogP contribution in [0.1, 0.15) is 22.3 Å². The monoisotopic (exact) mass is 353 g/mol. The molecular formula is C19H19N3O4. The minimum absolute atomic E-state index is 0.0760. The molecule has 26 heavy (non-hydrogen) atoms. The van der Waals surface area contributed by atoms with E-state index in [-0.39, 0.29) is 24.8 Å². The first-order chi connectivity index (χ1) is 12.6. The van der Waals surface area contributed by atoms with Gasteiger partial charge in [0.2, 0.25) is 5.91 Å². The van der Waals surface area contributed by atoms with Crippen molar-refractivity contribution in [1.29, 1.82) is 5.26 Å². The summed E-state index contributed by atoms with van der Waals surface area (Å²) in [6, 6.07) is 13.6. The maximum absolute atomic E-state index is 12.2. The van der Waals surface area contributed by atoms with Crippen molar-refractivity contribution in [1.82, 2.24) is 5.32 Å². The van der Waals surface area contributed by atoms with Crippen LogP contribution in [0, 0.1) is 11.3 Å². The number of anilines is 1. The van der Waals surface area contributed by atoms with Gasteiger partial charge in [-0.3, -0.25) is 9.59 Å². The smallest absolute Gasteiger partial charge is 0.251 e. The van der Waals surface area contributed by atoms with E-state index >= 15 is 0 Å². The molecule has 0 atom stereocenters. The van der Waals surface area contributed by atoms with Gasteiger partial charge >= 0.3 is 0 Å². The van der Waals surface area contributed by atoms with E-state index < -0.39 is 0 Å². The maximum atomic E-state index is 12.2. The zero-order chi connectivity index (χ0) is 18.9. The summed E-state index contributed by atoms with van der Waals surface area (Å²) in [6.07, 6.45) is 0.0760. The molecule has 0 bridgehead atoms. The number of amides is 2. The minimum Gasteiger partial charge on any atom is -0.497 e. The highest BCUT2D eigenvalue weighted by Gasteiger charge is 2.11. The lowest BCUT2D eigenvalue weighted by molar-refractivity contribution is -0.116. The molecule has 0 heterocycles. The number of ether oxygens (including phenoxy) is 2. The van der Waals surface area contributed by atoms with Crippen molar-refractivity contribution < 1.29 is 19.1 Å². The van der Waals surface area contributed by atoms with Crippen molar-refractivity contribution in [3.05, 3.63) is 53.6 Å². The summed E-state index contributed by atoms with van der Waals surface area (Å²) in [7, 11) is 3.00. The molecule has 0 saturated heterocycles. The fourth-order valence-corrected chi connectivity index (χ4v) is 2.23. The van der Waals surface area contributed by atoms with Crippen LogP contribution < -0.4 is 20.1 Å². The first kappa shape index (κ1) is 18.8. The lowest BCUT2D eigenvalue weighted by atomic mass is 10.2. The van der Waals surface area contributed by atoms with Gasteiger partial charge in [-0.2, -0.15) is 5.26 Å². The Morgan fingerprint density at radius 3 is 2.35 bits per heavy atom. The number of nitrogens with zero attached hydrogens (tertiary/aromatic N) is 1. The van der Waals surface area contributed by atoms with Crippen molar-refractivity contribution in [2.45, 2.75) is 6.42 Å². The second-order valence-corrected chi connectivity index (χ2v) is 5.31. The number of benzene rings is 2. The molecule has 0 aliphatic carbocycles. The number of methoxy groups -OCH3 is 2. The molecule has 0 aliphatic rings. The molecule has 7 nitrogen and oxygen atoms in total. The number of rotatable bonds is 7. The molecule has 7 heteroatoms. The third-order valence-corrected chi connectivity index (χ3v) is 3.57. The Labute approximate surface area is 151 Å². The highest BCUT2D eigenvalue weighted by atomic mass is 16.5. The van der Waals surface area contributed by atoms with E-state index in [9.17, 15) is 9.59 Å². The molecule has 0 radical (unpaired) electrons. The molecule has 0 aromatic heterocycles. The minimum atomic E-state index is -0.340. The molecule has 2 amide bonds. The van der Waals surface area contributed by atoms with Crippen LogP contribution in [-0.4, -0.2) is 32.6 Å². The van der Waals surface area contributed by atoms with Gasteiger partial charge in [0.15, 0.2) is 0 Å². The van der Waals surface area contributed by atoms with Crippen molar-refractivity contribution in [2.75, 3.05) is 26.1 Å². The van der Waals surface area contributed by atoms with Crippen molar-refractivity contribution in [3.8, 4) is 17.6 Å². The van der Waals surface area contributed by atoms with Gasteiger partial charge in [-0.15, -0.1) is 0 Å². The lowest BCUT2D eigenvalue weighted by Gasteiger charge is -2.10. The Kier molecular flexibility index (Phi) is 6.57. The van der Waals surface area contributed by atoms with Crippen LogP contribution in [0.15, 0.2) is 42.5 Å². The van der Waals surface area contributed by atoms with E-state index in [1.54, 1.807) is 42.5 Å². The Hall–Kier alpha value is -3.53. The van der Waals surface area contributed by atoms with E-state index in [1.165, 1.54) is 14.2 Å². The molecule has 0 saturated carbocycles. The average molecular weight is 353 g/mol. The fourth-order valence-electron chi connectivity index (χ4n) is 2.23. The van der Waals surface area contributed by atoms with Crippen LogP contribution in [0.25, 0.3) is 0 Å². The van der Waals surface area contributed by atoms with E-state index in [2.05, 4.69) is 10.6 Å². The summed E-state index contributed by atoms with van der Waals surface area (Å²) < 4.78 is 10.3. The summed E-state index contributed by atoms with van der Waals surface area (Å²) >= 11 is 0. The quantitative estimate of drug-likeness (QED) is 0.796. The summed E-state index contributed by atoms with van der Waals surface area (Å²) in [6.45, 7) is 0.152. The van der Waals surface area contributed by atoms with Gasteiger partial charge in [0.05, 0.1) is 25.5 Å². The fraction of sp³-hybridized carbons (Fsp3) is 0.211. The SMILES string of the molecule is COc1cc(OC)cc(C(=O)NCCC(=O)Nc2ccccc2C#N)c1. The third-order valence-electron chi connectivity index (χ3n) is 3.57. The molecule has 0 aliphatic heterocycles. The number of nitrogens with one attached hydrogen (secondary N) is 2. The van der Waals surface area contributed by atoms with E-state index in [1.807, 2.05) is 6.07 Å². The molecule has 2 aromatic carbocycles. The first-order valence-corrected chi connectivity index (χ1v) is 7.87. The molecule has 0 spiro atoms. The van der Waals surface area contributed by atoms with Crippen molar-refractivity contribution in [2.24, 2.45) is 0 Å². The van der Waals surface area contributed by atoms with Gasteiger partial charge < -0.3 is 20.1 Å². The Bertz CT molecular complexity index is 821. The van der Waals surface area contributed by atoms with Gasteiger partial charge in [0.25, 0.3) is 5.91 Å². The van der Waals surface area contributed by atoms with Crippen LogP contribution >= 0.6 is 0 Å². The molecule has 0 unspecified atom stereocenters. The number of carbonyl (C=O) groups excluding carboxylic acids is 2. The van der Waals surface area contributed by atoms with Crippen molar-refractivity contribution >= 4 is 17.5 Å². The Morgan fingerprint density at radius 2 is 1.73 bits per heavy atom. The van der Waals surface area contributed by atoms with Gasteiger partial charge in [-0.25, -0.2) is 0 Å². The molecule has 2 aromatic rings. The zero-order valence-electron chi connectivity index (χ0n) is 14.5. The second-order valence-electron chi connectivity index (χ2n) is 5.31. The first-order valence-electron chi connectivity index (χ1n) is 7.87. The predicted octanol–water partition coefficient (Wildman–Crippen LogP) is 2.33. The van der Waals surface area contributed by atoms with Crippen LogP contribution in [0.5, 0.6) is 11.5 Å². The lowest BCUT2D eigenvalue weighted by Crippen LogP contribution is -2.27. The Morgan fingerprint density at radius 1 is 1.08 bits per heavy atom. The number of hydrogen-bond acceptors (Lipinski definition) is 5. The summed E-state index contributed by atoms with van der Waals surface area (Å²) in [5.74, 6) is 0.365. The van der Waals surface area contributed by atoms with Gasteiger partial charge in [0.1, 0.15) is 17.6 Å². The number of carbonyl (C=O) groups is 2. The topological polar surface area (TPSA) is 100 Å². The summed E-state index contributed by atoms with van der Waals surface area (Å²) in [5, 5.41) is 14.3. The highest BCUT2D eigenvalue weighted by Crippen LogP contribution is 2.22. The van der Waals surface area contributed by atoms with Gasteiger partial charge in [-0.1, -0.05) is 12.1 Å².